The third kappa shape index (κ3) is 5.28. The fourth-order valence-electron chi connectivity index (χ4n) is 0.282. The molecular formula is C6H9O. The largest absolute Gasteiger partial charge is 0.299 e. The molecule has 0 aromatic heterocycles. The second-order valence-corrected chi connectivity index (χ2v) is 1.24. The van der Waals surface area contributed by atoms with Crippen LogP contribution in [-0.2, 0) is 5.11 Å². The van der Waals surface area contributed by atoms with Crippen LogP contribution in [0.15, 0.2) is 25.0 Å². The van der Waals surface area contributed by atoms with Crippen molar-refractivity contribution in [1.82, 2.24) is 0 Å². The van der Waals surface area contributed by atoms with Crippen molar-refractivity contribution in [3.8, 4) is 0 Å². The lowest BCUT2D eigenvalue weighted by atomic mass is 10.3. The minimum Gasteiger partial charge on any atom is -0.299 e. The average Bonchev–Trinajstić information content (AvgIpc) is 1.69. The number of unbranched alkanes of at least 4 members (excludes halogenated alkanes) is 1. The summed E-state index contributed by atoms with van der Waals surface area (Å²) in [6.45, 7) is 3.50. The molecule has 0 spiro atoms. The summed E-state index contributed by atoms with van der Waals surface area (Å²) in [5, 5.41) is 9.59. The van der Waals surface area contributed by atoms with Crippen LogP contribution in [0.5, 0.6) is 0 Å². The van der Waals surface area contributed by atoms with Crippen LogP contribution in [0.25, 0.3) is 0 Å². The molecular weight excluding hydrogens is 88.1 g/mol. The van der Waals surface area contributed by atoms with E-state index in [1.54, 1.807) is 12.2 Å². The number of allylic oxidation sites excluding steroid dienone is 2. The summed E-state index contributed by atoms with van der Waals surface area (Å²) >= 11 is 0. The Morgan fingerprint density at radius 3 is 2.57 bits per heavy atom. The van der Waals surface area contributed by atoms with Gasteiger partial charge in [-0.25, -0.2) is 0 Å². The molecule has 0 heterocycles. The van der Waals surface area contributed by atoms with E-state index in [0.717, 1.165) is 19.1 Å². The van der Waals surface area contributed by atoms with Crippen LogP contribution in [0.3, 0.4) is 0 Å². The van der Waals surface area contributed by atoms with Crippen molar-refractivity contribution in [2.24, 2.45) is 0 Å². The maximum atomic E-state index is 9.59. The van der Waals surface area contributed by atoms with Crippen molar-refractivity contribution in [3.63, 3.8) is 0 Å². The molecule has 0 aliphatic heterocycles. The van der Waals surface area contributed by atoms with Crippen molar-refractivity contribution in [3.05, 3.63) is 25.0 Å². The lowest BCUT2D eigenvalue weighted by Gasteiger charge is -1.77. The average molecular weight is 97.1 g/mol. The Balaban J connectivity index is 2.82. The van der Waals surface area contributed by atoms with E-state index in [0.29, 0.717) is 0 Å². The highest BCUT2D eigenvalue weighted by molar-refractivity contribution is 4.77. The zero-order valence-corrected chi connectivity index (χ0v) is 4.26. The van der Waals surface area contributed by atoms with E-state index < -0.39 is 0 Å². The number of hydrogen-bond acceptors (Lipinski definition) is 0. The second-order valence-electron chi connectivity index (χ2n) is 1.24. The van der Waals surface area contributed by atoms with Crippen molar-refractivity contribution < 1.29 is 5.11 Å². The molecule has 1 heteroatoms. The molecule has 0 rings (SSSR count). The summed E-state index contributed by atoms with van der Waals surface area (Å²) in [6.07, 6.45) is 5.91. The quantitative estimate of drug-likeness (QED) is 0.291. The van der Waals surface area contributed by atoms with Crippen LogP contribution in [0.2, 0.25) is 0 Å². The second kappa shape index (κ2) is 5.28. The molecule has 7 heavy (non-hydrogen) atoms. The SMILES string of the molecule is C=CCC/C=C/[O]. The van der Waals surface area contributed by atoms with Gasteiger partial charge in [-0.1, -0.05) is 6.08 Å². The monoisotopic (exact) mass is 97.1 g/mol. The molecule has 0 bridgehead atoms. The summed E-state index contributed by atoms with van der Waals surface area (Å²) in [5.74, 6) is 0. The molecule has 1 nitrogen and oxygen atoms in total. The minimum atomic E-state index is 0.809. The van der Waals surface area contributed by atoms with Crippen molar-refractivity contribution in [1.29, 1.82) is 0 Å². The highest BCUT2D eigenvalue weighted by atomic mass is 16.2. The first-order valence-corrected chi connectivity index (χ1v) is 2.29. The highest BCUT2D eigenvalue weighted by Crippen LogP contribution is 1.88. The third-order valence-corrected chi connectivity index (χ3v) is 0.634. The Morgan fingerprint density at radius 2 is 2.14 bits per heavy atom. The summed E-state index contributed by atoms with van der Waals surface area (Å²) in [5.41, 5.74) is 0. The topological polar surface area (TPSA) is 19.9 Å². The van der Waals surface area contributed by atoms with Crippen molar-refractivity contribution >= 4 is 0 Å². The van der Waals surface area contributed by atoms with E-state index in [1.165, 1.54) is 0 Å². The molecule has 0 saturated carbocycles. The van der Waals surface area contributed by atoms with Gasteiger partial charge in [0.2, 0.25) is 0 Å². The van der Waals surface area contributed by atoms with Crippen molar-refractivity contribution in [2.75, 3.05) is 0 Å². The van der Waals surface area contributed by atoms with Crippen LogP contribution in [0, 0.1) is 0 Å². The highest BCUT2D eigenvalue weighted by Gasteiger charge is 1.70. The van der Waals surface area contributed by atoms with Gasteiger partial charge in [0.15, 0.2) is 0 Å². The maximum Gasteiger partial charge on any atom is 0.138 e. The van der Waals surface area contributed by atoms with Gasteiger partial charge in [-0.05, 0) is 18.9 Å². The summed E-state index contributed by atoms with van der Waals surface area (Å²) < 4.78 is 0. The van der Waals surface area contributed by atoms with Crippen molar-refractivity contribution in [2.45, 2.75) is 12.8 Å². The Labute approximate surface area is 44.0 Å². The molecule has 0 atom stereocenters. The standard InChI is InChI=1S/C6H9O/c1-2-3-4-5-6-7/h2,5-6H,1,3-4H2/b6-5+. The fraction of sp³-hybridized carbons (Fsp3) is 0.333. The lowest BCUT2D eigenvalue weighted by Crippen LogP contribution is -1.59. The zero-order chi connectivity index (χ0) is 5.54. The Kier molecular flexibility index (Phi) is 4.74. The van der Waals surface area contributed by atoms with E-state index in [4.69, 9.17) is 0 Å². The maximum absolute atomic E-state index is 9.59. The van der Waals surface area contributed by atoms with Gasteiger partial charge in [0.1, 0.15) is 6.26 Å². The van der Waals surface area contributed by atoms with Gasteiger partial charge in [-0.3, -0.25) is 5.11 Å². The smallest absolute Gasteiger partial charge is 0.138 e. The molecule has 0 amide bonds. The van der Waals surface area contributed by atoms with Gasteiger partial charge >= 0.3 is 0 Å². The van der Waals surface area contributed by atoms with Crippen LogP contribution in [0.4, 0.5) is 0 Å². The Hall–Kier alpha value is -0.720. The number of hydrogen-bond donors (Lipinski definition) is 0. The molecule has 1 radical (unpaired) electrons. The van der Waals surface area contributed by atoms with E-state index >= 15 is 0 Å². The lowest BCUT2D eigenvalue weighted by molar-refractivity contribution is 0.350. The molecule has 0 N–H and O–H groups in total. The first-order valence-electron chi connectivity index (χ1n) is 2.29. The minimum absolute atomic E-state index is 0.809. The van der Waals surface area contributed by atoms with Gasteiger partial charge in [-0.2, -0.15) is 0 Å². The molecule has 0 aliphatic rings. The van der Waals surface area contributed by atoms with Gasteiger partial charge in [-0.15, -0.1) is 6.58 Å². The van der Waals surface area contributed by atoms with E-state index in [-0.39, 0.29) is 0 Å². The van der Waals surface area contributed by atoms with E-state index in [1.807, 2.05) is 0 Å². The molecule has 0 aromatic rings. The Bertz CT molecular complexity index is 64.6. The predicted octanol–water partition coefficient (Wildman–Crippen LogP) is 1.90. The molecule has 0 fully saturated rings. The van der Waals surface area contributed by atoms with Crippen LogP contribution < -0.4 is 0 Å². The van der Waals surface area contributed by atoms with Gasteiger partial charge < -0.3 is 0 Å². The van der Waals surface area contributed by atoms with Gasteiger partial charge in [0, 0.05) is 0 Å². The molecule has 0 aliphatic carbocycles. The first-order chi connectivity index (χ1) is 3.41. The fourth-order valence-corrected chi connectivity index (χ4v) is 0.282. The van der Waals surface area contributed by atoms with Gasteiger partial charge in [0.25, 0.3) is 0 Å². The number of rotatable bonds is 3. The Morgan fingerprint density at radius 1 is 1.43 bits per heavy atom. The molecule has 0 unspecified atom stereocenters. The van der Waals surface area contributed by atoms with Gasteiger partial charge in [0.05, 0.1) is 0 Å². The summed E-state index contributed by atoms with van der Waals surface area (Å²) in [4.78, 5) is 0. The normalized spacial score (nSPS) is 9.71. The third-order valence-electron chi connectivity index (χ3n) is 0.634. The van der Waals surface area contributed by atoms with E-state index in [9.17, 15) is 5.11 Å². The van der Waals surface area contributed by atoms with Crippen LogP contribution >= 0.6 is 0 Å². The summed E-state index contributed by atoms with van der Waals surface area (Å²) in [7, 11) is 0. The predicted molar refractivity (Wildman–Crippen MR) is 29.3 cm³/mol. The first kappa shape index (κ1) is 6.28. The van der Waals surface area contributed by atoms with Crippen LogP contribution in [0.1, 0.15) is 12.8 Å². The molecule has 0 aromatic carbocycles. The zero-order valence-electron chi connectivity index (χ0n) is 4.26. The van der Waals surface area contributed by atoms with E-state index in [2.05, 4.69) is 6.58 Å². The molecule has 39 valence electrons. The molecule has 0 saturated heterocycles. The van der Waals surface area contributed by atoms with Crippen LogP contribution in [-0.4, -0.2) is 0 Å². The summed E-state index contributed by atoms with van der Waals surface area (Å²) in [6, 6.07) is 0.